The van der Waals surface area contributed by atoms with Crippen molar-refractivity contribution in [2.24, 2.45) is 0 Å². The van der Waals surface area contributed by atoms with Gasteiger partial charge in [-0.2, -0.15) is 0 Å². The van der Waals surface area contributed by atoms with Gasteiger partial charge in [-0.3, -0.25) is 9.59 Å². The van der Waals surface area contributed by atoms with Crippen LogP contribution in [0.5, 0.6) is 0 Å². The molecule has 0 bridgehead atoms. The van der Waals surface area contributed by atoms with Crippen LogP contribution in [-0.2, 0) is 0 Å². The topological polar surface area (TPSA) is 46.2 Å². The van der Waals surface area contributed by atoms with E-state index in [1.54, 1.807) is 12.1 Å². The van der Waals surface area contributed by atoms with E-state index in [9.17, 15) is 9.59 Å². The van der Waals surface area contributed by atoms with Gasteiger partial charge in [-0.1, -0.05) is 43.7 Å². The van der Waals surface area contributed by atoms with Crippen molar-refractivity contribution < 1.29 is 9.59 Å². The van der Waals surface area contributed by atoms with Gasteiger partial charge in [0.1, 0.15) is 0 Å². The van der Waals surface area contributed by atoms with Crippen molar-refractivity contribution in [3.8, 4) is 11.1 Å². The van der Waals surface area contributed by atoms with Gasteiger partial charge in [0.15, 0.2) is 5.78 Å². The molecule has 2 aromatic carbocycles. The van der Waals surface area contributed by atoms with Gasteiger partial charge in [-0.25, -0.2) is 0 Å². The standard InChI is InChI=1S/C20H21NO2/c1-4-11-20(2,3)21-19(23)13-9-10-15-14-7-5-6-8-16(14)18(22)17(15)12-13/h5-10,12H,4,11H2,1-3H3,(H,21,23). The lowest BCUT2D eigenvalue weighted by molar-refractivity contribution is 0.0909. The summed E-state index contributed by atoms with van der Waals surface area (Å²) < 4.78 is 0. The van der Waals surface area contributed by atoms with Crippen LogP contribution >= 0.6 is 0 Å². The number of carbonyl (C=O) groups excluding carboxylic acids is 2. The number of carbonyl (C=O) groups is 2. The van der Waals surface area contributed by atoms with E-state index in [1.165, 1.54) is 0 Å². The number of nitrogens with one attached hydrogen (secondary N) is 1. The largest absolute Gasteiger partial charge is 0.347 e. The summed E-state index contributed by atoms with van der Waals surface area (Å²) in [5, 5.41) is 3.05. The van der Waals surface area contributed by atoms with E-state index in [2.05, 4.69) is 12.2 Å². The molecule has 0 aliphatic heterocycles. The highest BCUT2D eigenvalue weighted by Crippen LogP contribution is 2.36. The molecule has 1 N–H and O–H groups in total. The molecule has 3 rings (SSSR count). The van der Waals surface area contributed by atoms with Crippen LogP contribution in [0.15, 0.2) is 42.5 Å². The molecule has 0 radical (unpaired) electrons. The Balaban J connectivity index is 1.92. The molecule has 1 aliphatic rings. The van der Waals surface area contributed by atoms with E-state index in [-0.39, 0.29) is 17.2 Å². The summed E-state index contributed by atoms with van der Waals surface area (Å²) in [7, 11) is 0. The third kappa shape index (κ3) is 2.79. The first-order valence-corrected chi connectivity index (χ1v) is 8.03. The van der Waals surface area contributed by atoms with Crippen LogP contribution in [0.1, 0.15) is 59.9 Å². The maximum atomic E-state index is 12.5. The molecule has 0 saturated carbocycles. The summed E-state index contributed by atoms with van der Waals surface area (Å²) in [6.07, 6.45) is 1.92. The smallest absolute Gasteiger partial charge is 0.251 e. The molecule has 1 aliphatic carbocycles. The maximum Gasteiger partial charge on any atom is 0.251 e. The monoisotopic (exact) mass is 307 g/mol. The second-order valence-electron chi connectivity index (χ2n) is 6.72. The van der Waals surface area contributed by atoms with Gasteiger partial charge in [0, 0.05) is 22.2 Å². The SMILES string of the molecule is CCCC(C)(C)NC(=O)c1ccc2c(c1)C(=O)c1ccccc1-2. The number of hydrogen-bond acceptors (Lipinski definition) is 2. The Hall–Kier alpha value is -2.42. The Kier molecular flexibility index (Phi) is 3.80. The molecule has 0 spiro atoms. The zero-order valence-electron chi connectivity index (χ0n) is 13.8. The molecule has 3 heteroatoms. The Morgan fingerprint density at radius 2 is 1.65 bits per heavy atom. The normalized spacial score (nSPS) is 12.7. The van der Waals surface area contributed by atoms with Gasteiger partial charge >= 0.3 is 0 Å². The fourth-order valence-electron chi connectivity index (χ4n) is 3.24. The molecule has 23 heavy (non-hydrogen) atoms. The number of hydrogen-bond donors (Lipinski definition) is 1. The third-order valence-corrected chi connectivity index (χ3v) is 4.32. The summed E-state index contributed by atoms with van der Waals surface area (Å²) in [5.74, 6) is -0.131. The van der Waals surface area contributed by atoms with Crippen LogP contribution in [0.3, 0.4) is 0 Å². The minimum absolute atomic E-state index is 0.00179. The average Bonchev–Trinajstić information content (AvgIpc) is 2.80. The Bertz CT molecular complexity index is 790. The fraction of sp³-hybridized carbons (Fsp3) is 0.300. The highest BCUT2D eigenvalue weighted by molar-refractivity contribution is 6.22. The van der Waals surface area contributed by atoms with Crippen LogP contribution in [0.25, 0.3) is 11.1 Å². The number of amides is 1. The second kappa shape index (κ2) is 5.65. The number of fused-ring (bicyclic) bond motifs is 3. The van der Waals surface area contributed by atoms with Crippen molar-refractivity contribution in [2.45, 2.75) is 39.2 Å². The first-order chi connectivity index (χ1) is 10.9. The molecule has 0 unspecified atom stereocenters. The Morgan fingerprint density at radius 1 is 1.00 bits per heavy atom. The van der Waals surface area contributed by atoms with Crippen molar-refractivity contribution in [3.05, 3.63) is 59.2 Å². The van der Waals surface area contributed by atoms with Crippen molar-refractivity contribution >= 4 is 11.7 Å². The van der Waals surface area contributed by atoms with Crippen molar-refractivity contribution in [1.82, 2.24) is 5.32 Å². The summed E-state index contributed by atoms with van der Waals surface area (Å²) in [6, 6.07) is 13.0. The van der Waals surface area contributed by atoms with Crippen LogP contribution in [0.2, 0.25) is 0 Å². The minimum Gasteiger partial charge on any atom is -0.347 e. The molecular weight excluding hydrogens is 286 g/mol. The molecule has 0 atom stereocenters. The lowest BCUT2D eigenvalue weighted by Crippen LogP contribution is -2.43. The molecule has 0 heterocycles. The zero-order valence-corrected chi connectivity index (χ0v) is 13.8. The quantitative estimate of drug-likeness (QED) is 0.785. The second-order valence-corrected chi connectivity index (χ2v) is 6.72. The van der Waals surface area contributed by atoms with E-state index in [0.717, 1.165) is 24.0 Å². The number of benzene rings is 2. The van der Waals surface area contributed by atoms with Gasteiger partial charge < -0.3 is 5.32 Å². The van der Waals surface area contributed by atoms with Gasteiger partial charge in [0.05, 0.1) is 0 Å². The third-order valence-electron chi connectivity index (χ3n) is 4.32. The first-order valence-electron chi connectivity index (χ1n) is 8.03. The molecule has 1 amide bonds. The molecule has 118 valence electrons. The number of rotatable bonds is 4. The molecule has 2 aromatic rings. The summed E-state index contributed by atoms with van der Waals surface area (Å²) in [4.78, 5) is 25.0. The highest BCUT2D eigenvalue weighted by atomic mass is 16.2. The summed E-state index contributed by atoms with van der Waals surface area (Å²) >= 11 is 0. The molecule has 0 saturated heterocycles. The van der Waals surface area contributed by atoms with Crippen LogP contribution in [0.4, 0.5) is 0 Å². The van der Waals surface area contributed by atoms with Crippen molar-refractivity contribution in [3.63, 3.8) is 0 Å². The van der Waals surface area contributed by atoms with Gasteiger partial charge in [0.2, 0.25) is 0 Å². The van der Waals surface area contributed by atoms with E-state index in [1.807, 2.05) is 44.2 Å². The van der Waals surface area contributed by atoms with Crippen molar-refractivity contribution in [1.29, 1.82) is 0 Å². The molecular formula is C20H21NO2. The van der Waals surface area contributed by atoms with E-state index in [0.29, 0.717) is 16.7 Å². The maximum absolute atomic E-state index is 12.5. The van der Waals surface area contributed by atoms with E-state index in [4.69, 9.17) is 0 Å². The number of ketones is 1. The van der Waals surface area contributed by atoms with Gasteiger partial charge in [-0.15, -0.1) is 0 Å². The molecule has 0 aromatic heterocycles. The van der Waals surface area contributed by atoms with E-state index < -0.39 is 0 Å². The fourth-order valence-corrected chi connectivity index (χ4v) is 3.24. The zero-order chi connectivity index (χ0) is 16.6. The van der Waals surface area contributed by atoms with Crippen LogP contribution in [0, 0.1) is 0 Å². The average molecular weight is 307 g/mol. The van der Waals surface area contributed by atoms with Gasteiger partial charge in [-0.05, 0) is 43.5 Å². The highest BCUT2D eigenvalue weighted by Gasteiger charge is 2.28. The first kappa shape index (κ1) is 15.5. The Morgan fingerprint density at radius 3 is 2.35 bits per heavy atom. The summed E-state index contributed by atoms with van der Waals surface area (Å²) in [5.41, 5.74) is 3.48. The summed E-state index contributed by atoms with van der Waals surface area (Å²) in [6.45, 7) is 6.13. The van der Waals surface area contributed by atoms with Gasteiger partial charge in [0.25, 0.3) is 5.91 Å². The van der Waals surface area contributed by atoms with E-state index >= 15 is 0 Å². The lowest BCUT2D eigenvalue weighted by atomic mass is 9.97. The van der Waals surface area contributed by atoms with Crippen LogP contribution in [-0.4, -0.2) is 17.2 Å². The van der Waals surface area contributed by atoms with Crippen molar-refractivity contribution in [2.75, 3.05) is 0 Å². The molecule has 3 nitrogen and oxygen atoms in total. The Labute approximate surface area is 136 Å². The predicted molar refractivity (Wildman–Crippen MR) is 91.8 cm³/mol. The predicted octanol–water partition coefficient (Wildman–Crippen LogP) is 4.21. The minimum atomic E-state index is -0.252. The van der Waals surface area contributed by atoms with Crippen LogP contribution < -0.4 is 5.32 Å². The molecule has 0 fully saturated rings. The lowest BCUT2D eigenvalue weighted by Gasteiger charge is -2.25.